The van der Waals surface area contributed by atoms with Crippen molar-refractivity contribution >= 4 is 29.0 Å². The van der Waals surface area contributed by atoms with E-state index in [1.165, 1.54) is 31.0 Å². The number of carbonyl (C=O) groups excluding carboxylic acids is 1. The predicted molar refractivity (Wildman–Crippen MR) is 125 cm³/mol. The zero-order chi connectivity index (χ0) is 21.5. The Kier molecular flexibility index (Phi) is 7.19. The van der Waals surface area contributed by atoms with Crippen LogP contribution in [0.4, 0.5) is 11.4 Å². The van der Waals surface area contributed by atoms with Crippen molar-refractivity contribution in [2.75, 3.05) is 29.1 Å². The number of nitrogens with one attached hydrogen (secondary N) is 1. The van der Waals surface area contributed by atoms with Gasteiger partial charge in [0.25, 0.3) is 0 Å². The normalized spacial score (nSPS) is 13.9. The van der Waals surface area contributed by atoms with Gasteiger partial charge in [-0.3, -0.25) is 9.78 Å². The van der Waals surface area contributed by atoms with Crippen LogP contribution in [0.2, 0.25) is 0 Å². The summed E-state index contributed by atoms with van der Waals surface area (Å²) in [6.07, 6.45) is 8.16. The number of rotatable bonds is 8. The lowest BCUT2D eigenvalue weighted by molar-refractivity contribution is -0.113. The number of pyridine rings is 1. The van der Waals surface area contributed by atoms with E-state index in [2.05, 4.69) is 43.0 Å². The van der Waals surface area contributed by atoms with Crippen LogP contribution in [0.25, 0.3) is 11.4 Å². The molecule has 2 aromatic heterocycles. The molecule has 3 aromatic rings. The van der Waals surface area contributed by atoms with Crippen molar-refractivity contribution in [2.45, 2.75) is 44.3 Å². The molecule has 3 heterocycles. The molecule has 7 nitrogen and oxygen atoms in total. The Balaban J connectivity index is 1.43. The van der Waals surface area contributed by atoms with Gasteiger partial charge in [-0.05, 0) is 49.9 Å². The first kappa shape index (κ1) is 21.4. The molecule has 0 aliphatic carbocycles. The van der Waals surface area contributed by atoms with Crippen molar-refractivity contribution in [3.8, 4) is 11.4 Å². The topological polar surface area (TPSA) is 75.9 Å². The maximum absolute atomic E-state index is 12.7. The standard InChI is InChI=1S/C23H28N6OS/c1-2-13-29-22(18-9-8-12-24-16-18)26-27-23(29)31-17-21(30)25-19-10-4-5-11-20(19)28-14-6-3-7-15-28/h4-5,8-12,16H,2-3,6-7,13-15,17H2,1H3,(H,25,30). The minimum Gasteiger partial charge on any atom is -0.370 e. The highest BCUT2D eigenvalue weighted by atomic mass is 32.2. The molecule has 1 fully saturated rings. The Morgan fingerprint density at radius 3 is 2.71 bits per heavy atom. The van der Waals surface area contributed by atoms with Crippen LogP contribution in [0, 0.1) is 0 Å². The summed E-state index contributed by atoms with van der Waals surface area (Å²) < 4.78 is 2.07. The highest BCUT2D eigenvalue weighted by molar-refractivity contribution is 7.99. The third kappa shape index (κ3) is 5.25. The van der Waals surface area contributed by atoms with Crippen molar-refractivity contribution in [3.63, 3.8) is 0 Å². The van der Waals surface area contributed by atoms with Gasteiger partial charge in [0.15, 0.2) is 11.0 Å². The third-order valence-electron chi connectivity index (χ3n) is 5.29. The van der Waals surface area contributed by atoms with Gasteiger partial charge in [-0.1, -0.05) is 30.8 Å². The van der Waals surface area contributed by atoms with Gasteiger partial charge in [0, 0.05) is 37.6 Å². The molecular formula is C23H28N6OS. The summed E-state index contributed by atoms with van der Waals surface area (Å²) >= 11 is 1.41. The van der Waals surface area contributed by atoms with E-state index in [0.29, 0.717) is 0 Å². The molecule has 0 bridgehead atoms. The highest BCUT2D eigenvalue weighted by Gasteiger charge is 2.18. The minimum absolute atomic E-state index is 0.0385. The quantitative estimate of drug-likeness (QED) is 0.525. The van der Waals surface area contributed by atoms with Crippen LogP contribution in [-0.2, 0) is 11.3 Å². The zero-order valence-electron chi connectivity index (χ0n) is 17.8. The monoisotopic (exact) mass is 436 g/mol. The Morgan fingerprint density at radius 2 is 1.94 bits per heavy atom. The summed E-state index contributed by atoms with van der Waals surface area (Å²) in [6, 6.07) is 11.9. The first-order valence-corrected chi connectivity index (χ1v) is 11.8. The molecule has 0 spiro atoms. The second kappa shape index (κ2) is 10.4. The van der Waals surface area contributed by atoms with Crippen LogP contribution in [0.5, 0.6) is 0 Å². The maximum atomic E-state index is 12.7. The number of piperidine rings is 1. The summed E-state index contributed by atoms with van der Waals surface area (Å²) in [5.41, 5.74) is 2.91. The molecule has 1 aliphatic heterocycles. The van der Waals surface area contributed by atoms with Crippen molar-refractivity contribution in [2.24, 2.45) is 0 Å². The van der Waals surface area contributed by atoms with E-state index in [1.54, 1.807) is 12.4 Å². The van der Waals surface area contributed by atoms with Gasteiger partial charge < -0.3 is 14.8 Å². The fourth-order valence-corrected chi connectivity index (χ4v) is 4.60. The number of hydrogen-bond acceptors (Lipinski definition) is 6. The van der Waals surface area contributed by atoms with Gasteiger partial charge in [0.05, 0.1) is 17.1 Å². The molecule has 1 amide bonds. The number of nitrogens with zero attached hydrogens (tertiary/aromatic N) is 5. The predicted octanol–water partition coefficient (Wildman–Crippen LogP) is 4.47. The highest BCUT2D eigenvalue weighted by Crippen LogP contribution is 2.29. The molecule has 8 heteroatoms. The van der Waals surface area contributed by atoms with Gasteiger partial charge in [0.1, 0.15) is 0 Å². The number of benzene rings is 1. The average molecular weight is 437 g/mol. The Bertz CT molecular complexity index is 1000. The first-order chi connectivity index (χ1) is 15.3. The fraction of sp³-hybridized carbons (Fsp3) is 0.391. The molecule has 0 saturated carbocycles. The molecule has 1 N–H and O–H groups in total. The molecule has 4 rings (SSSR count). The molecule has 1 aromatic carbocycles. The summed E-state index contributed by atoms with van der Waals surface area (Å²) in [5, 5.41) is 12.5. The van der Waals surface area contributed by atoms with Crippen LogP contribution in [0.15, 0.2) is 53.9 Å². The molecule has 0 atom stereocenters. The van der Waals surface area contributed by atoms with Crippen LogP contribution in [0.3, 0.4) is 0 Å². The lowest BCUT2D eigenvalue weighted by atomic mass is 10.1. The lowest BCUT2D eigenvalue weighted by Gasteiger charge is -2.30. The molecular weight excluding hydrogens is 408 g/mol. The van der Waals surface area contributed by atoms with Crippen LogP contribution in [-0.4, -0.2) is 44.5 Å². The minimum atomic E-state index is -0.0385. The van der Waals surface area contributed by atoms with E-state index >= 15 is 0 Å². The van der Waals surface area contributed by atoms with Gasteiger partial charge in [-0.15, -0.1) is 10.2 Å². The van der Waals surface area contributed by atoms with Crippen molar-refractivity contribution in [3.05, 3.63) is 48.8 Å². The Hall–Kier alpha value is -2.87. The van der Waals surface area contributed by atoms with E-state index in [-0.39, 0.29) is 11.7 Å². The van der Waals surface area contributed by atoms with E-state index in [1.807, 2.05) is 30.3 Å². The number of anilines is 2. The Labute approximate surface area is 187 Å². The first-order valence-electron chi connectivity index (χ1n) is 10.9. The van der Waals surface area contributed by atoms with Crippen LogP contribution < -0.4 is 10.2 Å². The van der Waals surface area contributed by atoms with Crippen LogP contribution in [0.1, 0.15) is 32.6 Å². The molecule has 31 heavy (non-hydrogen) atoms. The lowest BCUT2D eigenvalue weighted by Crippen LogP contribution is -2.30. The summed E-state index contributed by atoms with van der Waals surface area (Å²) in [7, 11) is 0. The summed E-state index contributed by atoms with van der Waals surface area (Å²) in [6.45, 7) is 4.99. The molecule has 0 unspecified atom stereocenters. The van der Waals surface area contributed by atoms with Gasteiger partial charge in [-0.25, -0.2) is 0 Å². The van der Waals surface area contributed by atoms with E-state index in [4.69, 9.17) is 0 Å². The summed E-state index contributed by atoms with van der Waals surface area (Å²) in [4.78, 5) is 19.3. The third-order valence-corrected chi connectivity index (χ3v) is 6.26. The molecule has 0 radical (unpaired) electrons. The van der Waals surface area contributed by atoms with Crippen molar-refractivity contribution < 1.29 is 4.79 Å². The molecule has 162 valence electrons. The molecule has 1 saturated heterocycles. The van der Waals surface area contributed by atoms with Gasteiger partial charge in [-0.2, -0.15) is 0 Å². The van der Waals surface area contributed by atoms with Gasteiger partial charge >= 0.3 is 0 Å². The number of carbonyl (C=O) groups is 1. The summed E-state index contributed by atoms with van der Waals surface area (Å²) in [5.74, 6) is 1.03. The fourth-order valence-electron chi connectivity index (χ4n) is 3.84. The number of aromatic nitrogens is 4. The largest absolute Gasteiger partial charge is 0.370 e. The second-order valence-electron chi connectivity index (χ2n) is 7.60. The van der Waals surface area contributed by atoms with E-state index in [0.717, 1.165) is 54.0 Å². The number of hydrogen-bond donors (Lipinski definition) is 1. The van der Waals surface area contributed by atoms with E-state index in [9.17, 15) is 4.79 Å². The van der Waals surface area contributed by atoms with Crippen LogP contribution >= 0.6 is 11.8 Å². The zero-order valence-corrected chi connectivity index (χ0v) is 18.6. The Morgan fingerprint density at radius 1 is 1.10 bits per heavy atom. The number of para-hydroxylation sites is 2. The van der Waals surface area contributed by atoms with E-state index < -0.39 is 0 Å². The second-order valence-corrected chi connectivity index (χ2v) is 8.54. The smallest absolute Gasteiger partial charge is 0.234 e. The SMILES string of the molecule is CCCn1c(SCC(=O)Nc2ccccc2N2CCCCC2)nnc1-c1cccnc1. The number of amides is 1. The molecule has 1 aliphatic rings. The van der Waals surface area contributed by atoms with Crippen molar-refractivity contribution in [1.82, 2.24) is 19.7 Å². The van der Waals surface area contributed by atoms with Crippen molar-refractivity contribution in [1.29, 1.82) is 0 Å². The number of thioether (sulfide) groups is 1. The average Bonchev–Trinajstić information content (AvgIpc) is 3.22. The maximum Gasteiger partial charge on any atom is 0.234 e. The van der Waals surface area contributed by atoms with Gasteiger partial charge in [0.2, 0.25) is 5.91 Å².